The molecule has 0 aromatic carbocycles. The second kappa shape index (κ2) is 4.43. The molecule has 16 heavy (non-hydrogen) atoms. The molecule has 86 valence electrons. The molecule has 0 atom stereocenters. The Morgan fingerprint density at radius 3 is 2.94 bits per heavy atom. The summed E-state index contributed by atoms with van der Waals surface area (Å²) in [4.78, 5) is 0. The number of aromatic nitrogens is 2. The number of hydrogen-bond acceptors (Lipinski definition) is 3. The Bertz CT molecular complexity index is 443. The highest BCUT2D eigenvalue weighted by molar-refractivity contribution is 5.56. The Labute approximate surface area is 95.1 Å². The first-order valence-electron chi connectivity index (χ1n) is 5.54. The van der Waals surface area contributed by atoms with E-state index in [4.69, 9.17) is 10.2 Å². The molecule has 0 saturated carbocycles. The first kappa shape index (κ1) is 10.8. The van der Waals surface area contributed by atoms with Gasteiger partial charge in [0.25, 0.3) is 0 Å². The molecule has 0 fully saturated rings. The quantitative estimate of drug-likeness (QED) is 0.860. The highest BCUT2D eigenvalue weighted by Gasteiger charge is 2.09. The van der Waals surface area contributed by atoms with Crippen molar-refractivity contribution in [2.45, 2.75) is 26.8 Å². The maximum Gasteiger partial charge on any atom is 0.154 e. The minimum absolute atomic E-state index is 0.649. The summed E-state index contributed by atoms with van der Waals surface area (Å²) in [5.74, 6) is 2.10. The van der Waals surface area contributed by atoms with Crippen LogP contribution in [0.1, 0.15) is 20.3 Å². The van der Waals surface area contributed by atoms with Crippen LogP contribution in [0.2, 0.25) is 0 Å². The van der Waals surface area contributed by atoms with E-state index < -0.39 is 0 Å². The van der Waals surface area contributed by atoms with E-state index in [-0.39, 0.29) is 0 Å². The second-order valence-corrected chi connectivity index (χ2v) is 4.34. The molecule has 0 aliphatic heterocycles. The summed E-state index contributed by atoms with van der Waals surface area (Å²) in [6, 6.07) is 5.58. The van der Waals surface area contributed by atoms with Crippen molar-refractivity contribution >= 4 is 5.82 Å². The van der Waals surface area contributed by atoms with Gasteiger partial charge in [0, 0.05) is 12.6 Å². The molecule has 2 heterocycles. The first-order chi connectivity index (χ1) is 7.66. The lowest BCUT2D eigenvalue weighted by atomic mass is 10.1. The van der Waals surface area contributed by atoms with Crippen molar-refractivity contribution in [3.05, 3.63) is 24.5 Å². The molecular weight excluding hydrogens is 202 g/mol. The summed E-state index contributed by atoms with van der Waals surface area (Å²) in [7, 11) is 0. The third kappa shape index (κ3) is 2.27. The van der Waals surface area contributed by atoms with Gasteiger partial charge < -0.3 is 10.2 Å². The van der Waals surface area contributed by atoms with Crippen molar-refractivity contribution in [3.8, 4) is 11.5 Å². The number of anilines is 1. The molecule has 0 saturated heterocycles. The van der Waals surface area contributed by atoms with Gasteiger partial charge in [-0.15, -0.1) is 0 Å². The molecule has 4 nitrogen and oxygen atoms in total. The van der Waals surface area contributed by atoms with Crippen LogP contribution in [-0.2, 0) is 6.54 Å². The molecule has 0 bridgehead atoms. The third-order valence-corrected chi connectivity index (χ3v) is 2.50. The molecule has 0 aliphatic rings. The molecule has 0 aliphatic carbocycles. The molecule has 2 aromatic heterocycles. The van der Waals surface area contributed by atoms with E-state index in [9.17, 15) is 0 Å². The number of hydrogen-bond donors (Lipinski definition) is 1. The zero-order chi connectivity index (χ0) is 11.5. The number of furan rings is 1. The lowest BCUT2D eigenvalue weighted by Gasteiger charge is -2.05. The van der Waals surface area contributed by atoms with Crippen molar-refractivity contribution in [2.24, 2.45) is 5.92 Å². The number of nitrogens with zero attached hydrogens (tertiary/aromatic N) is 2. The Morgan fingerprint density at radius 1 is 1.50 bits per heavy atom. The Kier molecular flexibility index (Phi) is 2.99. The molecule has 0 unspecified atom stereocenters. The van der Waals surface area contributed by atoms with Crippen molar-refractivity contribution in [3.63, 3.8) is 0 Å². The van der Waals surface area contributed by atoms with Gasteiger partial charge in [-0.25, -0.2) is 4.68 Å². The fourth-order valence-electron chi connectivity index (χ4n) is 1.54. The van der Waals surface area contributed by atoms with E-state index in [1.54, 1.807) is 6.26 Å². The number of nitrogens with two attached hydrogens (primary N) is 1. The van der Waals surface area contributed by atoms with Crippen LogP contribution in [0.25, 0.3) is 11.5 Å². The predicted octanol–water partition coefficient (Wildman–Crippen LogP) is 2.77. The summed E-state index contributed by atoms with van der Waals surface area (Å²) in [6.07, 6.45) is 2.71. The Hall–Kier alpha value is -1.71. The first-order valence-corrected chi connectivity index (χ1v) is 5.54. The molecular formula is C12H17N3O. The van der Waals surface area contributed by atoms with Gasteiger partial charge in [-0.1, -0.05) is 13.8 Å². The maximum absolute atomic E-state index is 5.89. The maximum atomic E-state index is 5.89. The summed E-state index contributed by atoms with van der Waals surface area (Å²) < 4.78 is 7.11. The molecule has 0 amide bonds. The van der Waals surface area contributed by atoms with Gasteiger partial charge in [-0.3, -0.25) is 0 Å². The zero-order valence-electron chi connectivity index (χ0n) is 9.68. The molecule has 0 radical (unpaired) electrons. The fourth-order valence-corrected chi connectivity index (χ4v) is 1.54. The van der Waals surface area contributed by atoms with Crippen LogP contribution in [0.3, 0.4) is 0 Å². The number of nitrogen functional groups attached to an aromatic ring is 1. The Morgan fingerprint density at radius 2 is 2.31 bits per heavy atom. The molecule has 2 N–H and O–H groups in total. The van der Waals surface area contributed by atoms with Gasteiger partial charge in [-0.2, -0.15) is 5.10 Å². The molecule has 4 heteroatoms. The van der Waals surface area contributed by atoms with Crippen LogP contribution < -0.4 is 5.73 Å². The average molecular weight is 219 g/mol. The highest BCUT2D eigenvalue weighted by Crippen LogP contribution is 2.21. The van der Waals surface area contributed by atoms with Crippen LogP contribution in [0, 0.1) is 5.92 Å². The molecule has 0 spiro atoms. The SMILES string of the molecule is CC(C)CCn1nc(-c2ccco2)cc1N. The van der Waals surface area contributed by atoms with E-state index in [2.05, 4.69) is 18.9 Å². The average Bonchev–Trinajstić information content (AvgIpc) is 2.83. The monoisotopic (exact) mass is 219 g/mol. The highest BCUT2D eigenvalue weighted by atomic mass is 16.3. The van der Waals surface area contributed by atoms with E-state index >= 15 is 0 Å². The van der Waals surface area contributed by atoms with E-state index in [0.29, 0.717) is 11.7 Å². The Balaban J connectivity index is 2.16. The van der Waals surface area contributed by atoms with Crippen LogP contribution in [-0.4, -0.2) is 9.78 Å². The number of rotatable bonds is 4. The minimum atomic E-state index is 0.649. The van der Waals surface area contributed by atoms with E-state index in [1.165, 1.54) is 0 Å². The standard InChI is InChI=1S/C12H17N3O/c1-9(2)5-6-15-12(13)8-10(14-15)11-4-3-7-16-11/h3-4,7-9H,5-6,13H2,1-2H3. The van der Waals surface area contributed by atoms with Crippen LogP contribution in [0.4, 0.5) is 5.82 Å². The fraction of sp³-hybridized carbons (Fsp3) is 0.417. The second-order valence-electron chi connectivity index (χ2n) is 4.34. The van der Waals surface area contributed by atoms with E-state index in [1.807, 2.05) is 22.9 Å². The van der Waals surface area contributed by atoms with Crippen molar-refractivity contribution in [1.82, 2.24) is 9.78 Å². The topological polar surface area (TPSA) is 57.0 Å². The largest absolute Gasteiger partial charge is 0.463 e. The normalized spacial score (nSPS) is 11.2. The van der Waals surface area contributed by atoms with Crippen LogP contribution in [0.15, 0.2) is 28.9 Å². The lowest BCUT2D eigenvalue weighted by Crippen LogP contribution is -2.06. The predicted molar refractivity (Wildman–Crippen MR) is 63.8 cm³/mol. The van der Waals surface area contributed by atoms with Crippen LogP contribution in [0.5, 0.6) is 0 Å². The van der Waals surface area contributed by atoms with Crippen LogP contribution >= 0.6 is 0 Å². The third-order valence-electron chi connectivity index (χ3n) is 2.50. The van der Waals surface area contributed by atoms with Gasteiger partial charge in [0.05, 0.1) is 6.26 Å². The molecule has 2 aromatic rings. The van der Waals surface area contributed by atoms with Crippen molar-refractivity contribution in [2.75, 3.05) is 5.73 Å². The van der Waals surface area contributed by atoms with Crippen molar-refractivity contribution in [1.29, 1.82) is 0 Å². The van der Waals surface area contributed by atoms with E-state index in [0.717, 1.165) is 24.4 Å². The van der Waals surface area contributed by atoms with Gasteiger partial charge in [0.15, 0.2) is 5.76 Å². The summed E-state index contributed by atoms with van der Waals surface area (Å²) in [5.41, 5.74) is 6.69. The summed E-state index contributed by atoms with van der Waals surface area (Å²) in [5, 5.41) is 4.42. The number of aryl methyl sites for hydroxylation is 1. The summed E-state index contributed by atoms with van der Waals surface area (Å²) >= 11 is 0. The van der Waals surface area contributed by atoms with Gasteiger partial charge in [0.1, 0.15) is 11.5 Å². The smallest absolute Gasteiger partial charge is 0.154 e. The van der Waals surface area contributed by atoms with Gasteiger partial charge in [0.2, 0.25) is 0 Å². The zero-order valence-corrected chi connectivity index (χ0v) is 9.68. The lowest BCUT2D eigenvalue weighted by molar-refractivity contribution is 0.490. The summed E-state index contributed by atoms with van der Waals surface area (Å²) in [6.45, 7) is 5.23. The minimum Gasteiger partial charge on any atom is -0.463 e. The van der Waals surface area contributed by atoms with Gasteiger partial charge in [-0.05, 0) is 24.5 Å². The molecule has 2 rings (SSSR count). The van der Waals surface area contributed by atoms with Gasteiger partial charge >= 0.3 is 0 Å². The van der Waals surface area contributed by atoms with Crippen molar-refractivity contribution < 1.29 is 4.42 Å².